The molecule has 0 saturated carbocycles. The van der Waals surface area contributed by atoms with E-state index >= 15 is 0 Å². The molecule has 1 unspecified atom stereocenters. The van der Waals surface area contributed by atoms with E-state index in [-0.39, 0.29) is 5.91 Å². The maximum absolute atomic E-state index is 12.5. The number of hydrogen-bond donors (Lipinski definition) is 1. The van der Waals surface area contributed by atoms with Crippen LogP contribution in [0.4, 0.5) is 0 Å². The summed E-state index contributed by atoms with van der Waals surface area (Å²) in [7, 11) is 0. The van der Waals surface area contributed by atoms with Gasteiger partial charge in [-0.25, -0.2) is 0 Å². The molecule has 1 aromatic carbocycles. The van der Waals surface area contributed by atoms with Crippen molar-refractivity contribution in [1.82, 2.24) is 4.90 Å². The predicted octanol–water partition coefficient (Wildman–Crippen LogP) is 2.26. The van der Waals surface area contributed by atoms with Gasteiger partial charge in [0.1, 0.15) is 0 Å². The van der Waals surface area contributed by atoms with Crippen LogP contribution in [0.25, 0.3) is 0 Å². The Morgan fingerprint density at radius 2 is 2.35 bits per heavy atom. The van der Waals surface area contributed by atoms with Gasteiger partial charge in [-0.2, -0.15) is 0 Å². The first-order chi connectivity index (χ1) is 9.74. The fraction of sp³-hybridized carbons (Fsp3) is 0.471. The second kappa shape index (κ2) is 7.12. The number of rotatable bonds is 2. The first-order valence-corrected chi connectivity index (χ1v) is 7.33. The monoisotopic (exact) mass is 270 g/mol. The molecule has 0 bridgehead atoms. The maximum Gasteiger partial charge on any atom is 0.253 e. The van der Waals surface area contributed by atoms with Crippen LogP contribution in [0.5, 0.6) is 0 Å². The smallest absolute Gasteiger partial charge is 0.253 e. The van der Waals surface area contributed by atoms with E-state index in [9.17, 15) is 4.79 Å². The third-order valence-electron chi connectivity index (χ3n) is 3.83. The van der Waals surface area contributed by atoms with Gasteiger partial charge in [0, 0.05) is 24.2 Å². The minimum absolute atomic E-state index is 0.125. The Balaban J connectivity index is 2.12. The quantitative estimate of drug-likeness (QED) is 0.838. The zero-order valence-electron chi connectivity index (χ0n) is 12.1. The minimum atomic E-state index is 0.125. The zero-order valence-corrected chi connectivity index (χ0v) is 12.1. The van der Waals surface area contributed by atoms with E-state index in [4.69, 9.17) is 5.73 Å². The predicted molar refractivity (Wildman–Crippen MR) is 81.3 cm³/mol. The third kappa shape index (κ3) is 3.61. The molecule has 1 aliphatic rings. The highest BCUT2D eigenvalue weighted by molar-refractivity contribution is 5.94. The summed E-state index contributed by atoms with van der Waals surface area (Å²) >= 11 is 0. The Hall–Kier alpha value is -1.79. The van der Waals surface area contributed by atoms with Crippen LogP contribution in [-0.2, 0) is 0 Å². The lowest BCUT2D eigenvalue weighted by molar-refractivity contribution is 0.0671. The van der Waals surface area contributed by atoms with Gasteiger partial charge in [-0.1, -0.05) is 31.3 Å². The number of likely N-dealkylation sites (tertiary alicyclic amines) is 1. The Bertz CT molecular complexity index is 527. The number of nitrogens with zero attached hydrogens (tertiary/aromatic N) is 1. The average molecular weight is 270 g/mol. The van der Waals surface area contributed by atoms with Gasteiger partial charge in [0.2, 0.25) is 0 Å². The first kappa shape index (κ1) is 14.6. The van der Waals surface area contributed by atoms with Gasteiger partial charge in [-0.15, -0.1) is 0 Å². The summed E-state index contributed by atoms with van der Waals surface area (Å²) in [4.78, 5) is 14.5. The third-order valence-corrected chi connectivity index (χ3v) is 3.83. The Morgan fingerprint density at radius 3 is 3.10 bits per heavy atom. The van der Waals surface area contributed by atoms with Gasteiger partial charge < -0.3 is 10.6 Å². The maximum atomic E-state index is 12.5. The highest BCUT2D eigenvalue weighted by atomic mass is 16.2. The van der Waals surface area contributed by atoms with Crippen molar-refractivity contribution in [2.24, 2.45) is 11.7 Å². The van der Waals surface area contributed by atoms with Crippen LogP contribution in [0, 0.1) is 17.8 Å². The van der Waals surface area contributed by atoms with Crippen LogP contribution in [0.1, 0.15) is 42.1 Å². The molecule has 1 saturated heterocycles. The second-order valence-electron chi connectivity index (χ2n) is 5.25. The van der Waals surface area contributed by atoms with Crippen LogP contribution in [0.15, 0.2) is 24.3 Å². The topological polar surface area (TPSA) is 46.3 Å². The summed E-state index contributed by atoms with van der Waals surface area (Å²) in [6.45, 7) is 4.28. The summed E-state index contributed by atoms with van der Waals surface area (Å²) in [5.74, 6) is 6.57. The molecule has 2 N–H and O–H groups in total. The van der Waals surface area contributed by atoms with Crippen molar-refractivity contribution in [2.75, 3.05) is 19.6 Å². The summed E-state index contributed by atoms with van der Waals surface area (Å²) in [6.07, 6.45) is 3.49. The van der Waals surface area contributed by atoms with Gasteiger partial charge in [-0.3, -0.25) is 4.79 Å². The molecule has 20 heavy (non-hydrogen) atoms. The van der Waals surface area contributed by atoms with Crippen LogP contribution in [0.3, 0.4) is 0 Å². The van der Waals surface area contributed by atoms with E-state index in [1.807, 2.05) is 29.2 Å². The summed E-state index contributed by atoms with van der Waals surface area (Å²) in [5.41, 5.74) is 6.95. The number of nitrogens with two attached hydrogens (primary N) is 1. The van der Waals surface area contributed by atoms with E-state index in [2.05, 4.69) is 18.8 Å². The van der Waals surface area contributed by atoms with Crippen molar-refractivity contribution in [1.29, 1.82) is 0 Å². The molecule has 3 nitrogen and oxygen atoms in total. The molecule has 106 valence electrons. The zero-order chi connectivity index (χ0) is 14.4. The molecule has 1 heterocycles. The molecule has 1 amide bonds. The second-order valence-corrected chi connectivity index (χ2v) is 5.25. The van der Waals surface area contributed by atoms with Crippen molar-refractivity contribution in [3.05, 3.63) is 35.4 Å². The van der Waals surface area contributed by atoms with Gasteiger partial charge in [0.05, 0.1) is 6.54 Å². The van der Waals surface area contributed by atoms with Crippen molar-refractivity contribution < 1.29 is 4.79 Å². The van der Waals surface area contributed by atoms with Gasteiger partial charge in [0.25, 0.3) is 5.91 Å². The van der Waals surface area contributed by atoms with E-state index in [1.54, 1.807) is 0 Å². The lowest BCUT2D eigenvalue weighted by atomic mass is 9.95. The van der Waals surface area contributed by atoms with E-state index in [1.165, 1.54) is 6.42 Å². The molecular formula is C17H22N2O. The van der Waals surface area contributed by atoms with Crippen LogP contribution >= 0.6 is 0 Å². The highest BCUT2D eigenvalue weighted by Gasteiger charge is 2.23. The molecule has 0 radical (unpaired) electrons. The molecule has 1 fully saturated rings. The number of benzene rings is 1. The largest absolute Gasteiger partial charge is 0.338 e. The van der Waals surface area contributed by atoms with Crippen molar-refractivity contribution in [3.8, 4) is 11.8 Å². The normalized spacial score (nSPS) is 18.3. The van der Waals surface area contributed by atoms with Crippen molar-refractivity contribution >= 4 is 5.91 Å². The van der Waals surface area contributed by atoms with E-state index in [0.29, 0.717) is 12.5 Å². The SMILES string of the molecule is CCC1CCCN(C(=O)c2cccc(C#CCN)c2)C1. The summed E-state index contributed by atoms with van der Waals surface area (Å²) in [6, 6.07) is 7.52. The van der Waals surface area contributed by atoms with E-state index < -0.39 is 0 Å². The van der Waals surface area contributed by atoms with Gasteiger partial charge in [0.15, 0.2) is 0 Å². The standard InChI is InChI=1S/C17H22N2O/c1-2-14-8-5-11-19(13-14)17(20)16-9-3-6-15(12-16)7-4-10-18/h3,6,9,12,14H,2,5,8,10-11,13,18H2,1H3. The number of carbonyl (C=O) groups is 1. The van der Waals surface area contributed by atoms with E-state index in [0.717, 1.165) is 37.1 Å². The van der Waals surface area contributed by atoms with Crippen LogP contribution in [-0.4, -0.2) is 30.4 Å². The fourth-order valence-electron chi connectivity index (χ4n) is 2.65. The molecule has 1 aliphatic heterocycles. The van der Waals surface area contributed by atoms with Crippen molar-refractivity contribution in [3.63, 3.8) is 0 Å². The fourth-order valence-corrected chi connectivity index (χ4v) is 2.65. The minimum Gasteiger partial charge on any atom is -0.338 e. The Kier molecular flexibility index (Phi) is 5.20. The van der Waals surface area contributed by atoms with Gasteiger partial charge >= 0.3 is 0 Å². The Labute approximate surface area is 121 Å². The molecule has 2 rings (SSSR count). The lowest BCUT2D eigenvalue weighted by Gasteiger charge is -2.32. The molecule has 0 aromatic heterocycles. The molecule has 0 aliphatic carbocycles. The number of carbonyl (C=O) groups excluding carboxylic acids is 1. The lowest BCUT2D eigenvalue weighted by Crippen LogP contribution is -2.39. The molecular weight excluding hydrogens is 248 g/mol. The van der Waals surface area contributed by atoms with Crippen molar-refractivity contribution in [2.45, 2.75) is 26.2 Å². The average Bonchev–Trinajstić information content (AvgIpc) is 2.52. The molecule has 1 atom stereocenters. The number of piperidine rings is 1. The number of hydrogen-bond acceptors (Lipinski definition) is 2. The highest BCUT2D eigenvalue weighted by Crippen LogP contribution is 2.21. The number of amides is 1. The molecule has 3 heteroatoms. The van der Waals surface area contributed by atoms with Gasteiger partial charge in [-0.05, 0) is 37.0 Å². The summed E-state index contributed by atoms with van der Waals surface area (Å²) < 4.78 is 0. The molecule has 1 aromatic rings. The van der Waals surface area contributed by atoms with Crippen LogP contribution in [0.2, 0.25) is 0 Å². The Morgan fingerprint density at radius 1 is 1.50 bits per heavy atom. The van der Waals surface area contributed by atoms with Crippen LogP contribution < -0.4 is 5.73 Å². The first-order valence-electron chi connectivity index (χ1n) is 7.33. The molecule has 0 spiro atoms. The summed E-state index contributed by atoms with van der Waals surface area (Å²) in [5, 5.41) is 0.